The van der Waals surface area contributed by atoms with E-state index in [1.54, 1.807) is 7.11 Å². The number of nitrogens with one attached hydrogen (secondary N) is 1. The minimum absolute atomic E-state index is 0.600. The third-order valence-corrected chi connectivity index (χ3v) is 2.48. The number of aryl methyl sites for hydroxylation is 2. The number of ether oxygens (including phenoxy) is 1. The highest BCUT2D eigenvalue weighted by atomic mass is 16.5. The summed E-state index contributed by atoms with van der Waals surface area (Å²) in [5.74, 6) is 0.627. The zero-order valence-corrected chi connectivity index (χ0v) is 10.9. The molecule has 1 N–H and O–H groups in total. The molecule has 0 atom stereocenters. The molecule has 0 aliphatic heterocycles. The molecule has 0 bridgehead atoms. The van der Waals surface area contributed by atoms with E-state index in [1.165, 1.54) is 0 Å². The molecule has 0 fully saturated rings. The Hall–Kier alpha value is -1.94. The van der Waals surface area contributed by atoms with Gasteiger partial charge >= 0.3 is 0 Å². The van der Waals surface area contributed by atoms with Crippen LogP contribution in [-0.2, 0) is 11.3 Å². The first kappa shape index (κ1) is 12.5. The molecule has 1 aromatic heterocycles. The molecule has 4 nitrogen and oxygen atoms in total. The van der Waals surface area contributed by atoms with Crippen molar-refractivity contribution in [3.05, 3.63) is 47.3 Å². The van der Waals surface area contributed by atoms with Crippen LogP contribution in [-0.4, -0.2) is 17.1 Å². The maximum Gasteiger partial charge on any atom is 0.227 e. The quantitative estimate of drug-likeness (QED) is 0.896. The lowest BCUT2D eigenvalue weighted by atomic mass is 10.2. The molecule has 0 aliphatic carbocycles. The van der Waals surface area contributed by atoms with E-state index >= 15 is 0 Å². The van der Waals surface area contributed by atoms with Crippen molar-refractivity contribution in [3.63, 3.8) is 0 Å². The molecule has 1 aromatic carbocycles. The normalized spacial score (nSPS) is 10.4. The number of nitrogens with zero attached hydrogens (tertiary/aromatic N) is 2. The molecule has 18 heavy (non-hydrogen) atoms. The molecule has 0 unspecified atom stereocenters. The lowest BCUT2D eigenvalue weighted by molar-refractivity contribution is 0.185. The van der Waals surface area contributed by atoms with Crippen LogP contribution in [0, 0.1) is 13.8 Å². The van der Waals surface area contributed by atoms with E-state index in [9.17, 15) is 0 Å². The highest BCUT2D eigenvalue weighted by molar-refractivity contribution is 5.54. The molecule has 4 heteroatoms. The maximum atomic E-state index is 5.11. The molecule has 2 rings (SSSR count). The zero-order chi connectivity index (χ0) is 13.0. The van der Waals surface area contributed by atoms with Crippen molar-refractivity contribution in [1.82, 2.24) is 9.97 Å². The number of anilines is 2. The summed E-state index contributed by atoms with van der Waals surface area (Å²) in [5, 5.41) is 3.21. The van der Waals surface area contributed by atoms with E-state index in [0.717, 1.165) is 22.6 Å². The Bertz CT molecular complexity index is 520. The number of hydrogen-bond donors (Lipinski definition) is 1. The van der Waals surface area contributed by atoms with Gasteiger partial charge in [-0.2, -0.15) is 0 Å². The predicted octanol–water partition coefficient (Wildman–Crippen LogP) is 2.98. The second kappa shape index (κ2) is 5.60. The van der Waals surface area contributed by atoms with Gasteiger partial charge < -0.3 is 10.1 Å². The third kappa shape index (κ3) is 3.28. The smallest absolute Gasteiger partial charge is 0.227 e. The maximum absolute atomic E-state index is 5.11. The van der Waals surface area contributed by atoms with Gasteiger partial charge in [-0.25, -0.2) is 9.97 Å². The van der Waals surface area contributed by atoms with Crippen LogP contribution in [0.5, 0.6) is 0 Å². The van der Waals surface area contributed by atoms with Crippen LogP contribution in [0.3, 0.4) is 0 Å². The fourth-order valence-corrected chi connectivity index (χ4v) is 1.82. The Kier molecular flexibility index (Phi) is 3.89. The van der Waals surface area contributed by atoms with Crippen molar-refractivity contribution in [2.45, 2.75) is 20.5 Å². The molecule has 0 radical (unpaired) electrons. The lowest BCUT2D eigenvalue weighted by Gasteiger charge is -2.08. The Morgan fingerprint density at radius 3 is 2.50 bits per heavy atom. The van der Waals surface area contributed by atoms with Gasteiger partial charge in [0.25, 0.3) is 0 Å². The number of aromatic nitrogens is 2. The van der Waals surface area contributed by atoms with Crippen LogP contribution in [0.25, 0.3) is 0 Å². The van der Waals surface area contributed by atoms with Gasteiger partial charge in [-0.05, 0) is 37.6 Å². The Morgan fingerprint density at radius 1 is 1.11 bits per heavy atom. The number of hydrogen-bond acceptors (Lipinski definition) is 4. The average molecular weight is 243 g/mol. The standard InChI is InChI=1S/C14H17N3O/c1-10-7-11(2)16-14(15-10)17-13-6-4-5-12(8-13)9-18-3/h4-8H,9H2,1-3H3,(H,15,16,17). The SMILES string of the molecule is COCc1cccc(Nc2nc(C)cc(C)n2)c1. The van der Waals surface area contributed by atoms with Crippen LogP contribution in [0.2, 0.25) is 0 Å². The minimum Gasteiger partial charge on any atom is -0.380 e. The van der Waals surface area contributed by atoms with E-state index < -0.39 is 0 Å². The van der Waals surface area contributed by atoms with Gasteiger partial charge in [0, 0.05) is 24.2 Å². The summed E-state index contributed by atoms with van der Waals surface area (Å²) < 4.78 is 5.11. The van der Waals surface area contributed by atoms with Crippen LogP contribution in [0.15, 0.2) is 30.3 Å². The Balaban J connectivity index is 2.20. The summed E-state index contributed by atoms with van der Waals surface area (Å²) in [6.45, 7) is 4.52. The predicted molar refractivity (Wildman–Crippen MR) is 71.9 cm³/mol. The van der Waals surface area contributed by atoms with Gasteiger partial charge in [0.2, 0.25) is 5.95 Å². The first-order chi connectivity index (χ1) is 8.67. The van der Waals surface area contributed by atoms with Crippen molar-refractivity contribution < 1.29 is 4.74 Å². The van der Waals surface area contributed by atoms with E-state index in [2.05, 4.69) is 15.3 Å². The van der Waals surface area contributed by atoms with Crippen molar-refractivity contribution >= 4 is 11.6 Å². The molecule has 0 saturated heterocycles. The molecular formula is C14H17N3O. The molecule has 0 aliphatic rings. The van der Waals surface area contributed by atoms with Crippen molar-refractivity contribution in [2.75, 3.05) is 12.4 Å². The van der Waals surface area contributed by atoms with Gasteiger partial charge in [0.15, 0.2) is 0 Å². The number of methoxy groups -OCH3 is 1. The number of rotatable bonds is 4. The van der Waals surface area contributed by atoms with E-state index in [0.29, 0.717) is 12.6 Å². The summed E-state index contributed by atoms with van der Waals surface area (Å²) in [5.41, 5.74) is 4.00. The van der Waals surface area contributed by atoms with E-state index in [-0.39, 0.29) is 0 Å². The summed E-state index contributed by atoms with van der Waals surface area (Å²) in [4.78, 5) is 8.70. The highest BCUT2D eigenvalue weighted by Gasteiger charge is 2.01. The highest BCUT2D eigenvalue weighted by Crippen LogP contribution is 2.16. The fourth-order valence-electron chi connectivity index (χ4n) is 1.82. The van der Waals surface area contributed by atoms with Crippen molar-refractivity contribution in [2.24, 2.45) is 0 Å². The first-order valence-electron chi connectivity index (χ1n) is 5.84. The molecule has 1 heterocycles. The third-order valence-electron chi connectivity index (χ3n) is 2.48. The molecule has 94 valence electrons. The van der Waals surface area contributed by atoms with Crippen LogP contribution < -0.4 is 5.32 Å². The Labute approximate surface area is 107 Å². The van der Waals surface area contributed by atoms with Crippen LogP contribution in [0.1, 0.15) is 17.0 Å². The monoisotopic (exact) mass is 243 g/mol. The van der Waals surface area contributed by atoms with E-state index in [1.807, 2.05) is 44.2 Å². The van der Waals surface area contributed by atoms with Crippen LogP contribution in [0.4, 0.5) is 11.6 Å². The van der Waals surface area contributed by atoms with Gasteiger partial charge in [0.05, 0.1) is 6.61 Å². The number of benzene rings is 1. The average Bonchev–Trinajstić information content (AvgIpc) is 2.28. The summed E-state index contributed by atoms with van der Waals surface area (Å²) in [7, 11) is 1.69. The second-order valence-electron chi connectivity index (χ2n) is 4.23. The molecule has 2 aromatic rings. The minimum atomic E-state index is 0.600. The van der Waals surface area contributed by atoms with Gasteiger partial charge in [-0.15, -0.1) is 0 Å². The summed E-state index contributed by atoms with van der Waals surface area (Å²) in [6, 6.07) is 9.98. The van der Waals surface area contributed by atoms with Gasteiger partial charge in [-0.1, -0.05) is 12.1 Å². The molecule has 0 spiro atoms. The first-order valence-corrected chi connectivity index (χ1v) is 5.84. The second-order valence-corrected chi connectivity index (χ2v) is 4.23. The topological polar surface area (TPSA) is 47.0 Å². The molecule has 0 saturated carbocycles. The van der Waals surface area contributed by atoms with Crippen molar-refractivity contribution in [3.8, 4) is 0 Å². The molecule has 0 amide bonds. The van der Waals surface area contributed by atoms with E-state index in [4.69, 9.17) is 4.74 Å². The Morgan fingerprint density at radius 2 is 1.83 bits per heavy atom. The largest absolute Gasteiger partial charge is 0.380 e. The lowest BCUT2D eigenvalue weighted by Crippen LogP contribution is -2.00. The van der Waals surface area contributed by atoms with Gasteiger partial charge in [-0.3, -0.25) is 0 Å². The summed E-state index contributed by atoms with van der Waals surface area (Å²) >= 11 is 0. The summed E-state index contributed by atoms with van der Waals surface area (Å²) in [6.07, 6.45) is 0. The van der Waals surface area contributed by atoms with Crippen LogP contribution >= 0.6 is 0 Å². The van der Waals surface area contributed by atoms with Gasteiger partial charge in [0.1, 0.15) is 0 Å². The zero-order valence-electron chi connectivity index (χ0n) is 10.9. The fraction of sp³-hybridized carbons (Fsp3) is 0.286. The molecular weight excluding hydrogens is 226 g/mol. The van der Waals surface area contributed by atoms with Crippen molar-refractivity contribution in [1.29, 1.82) is 0 Å².